The summed E-state index contributed by atoms with van der Waals surface area (Å²) in [6, 6.07) is 20.8. The van der Waals surface area contributed by atoms with Crippen LogP contribution in [-0.2, 0) is 9.59 Å². The number of ether oxygens (including phenoxy) is 3. The van der Waals surface area contributed by atoms with Gasteiger partial charge in [0.25, 0.3) is 11.8 Å². The summed E-state index contributed by atoms with van der Waals surface area (Å²) in [4.78, 5) is 37.7. The lowest BCUT2D eigenvalue weighted by Gasteiger charge is -2.20. The summed E-state index contributed by atoms with van der Waals surface area (Å²) in [7, 11) is 1.44. The lowest BCUT2D eigenvalue weighted by atomic mass is 9.88. The second kappa shape index (κ2) is 9.46. The van der Waals surface area contributed by atoms with Crippen molar-refractivity contribution < 1.29 is 28.2 Å². The van der Waals surface area contributed by atoms with Gasteiger partial charge < -0.3 is 29.7 Å². The number of fused-ring (bicyclic) bond motifs is 3. The summed E-state index contributed by atoms with van der Waals surface area (Å²) in [5.74, 6) is -0.985. The van der Waals surface area contributed by atoms with E-state index in [9.17, 15) is 14.4 Å². The van der Waals surface area contributed by atoms with Gasteiger partial charge in [-0.1, -0.05) is 36.4 Å². The van der Waals surface area contributed by atoms with Crippen molar-refractivity contribution in [3.63, 3.8) is 0 Å². The fourth-order valence-electron chi connectivity index (χ4n) is 4.30. The van der Waals surface area contributed by atoms with E-state index in [0.717, 1.165) is 0 Å². The van der Waals surface area contributed by atoms with Gasteiger partial charge in [-0.05, 0) is 42.0 Å². The van der Waals surface area contributed by atoms with Crippen molar-refractivity contribution in [3.05, 3.63) is 94.3 Å². The van der Waals surface area contributed by atoms with E-state index in [4.69, 9.17) is 24.4 Å². The Morgan fingerprint density at radius 1 is 1.00 bits per heavy atom. The van der Waals surface area contributed by atoms with Gasteiger partial charge in [0.15, 0.2) is 24.2 Å². The van der Waals surface area contributed by atoms with Crippen LogP contribution in [0.2, 0.25) is 0 Å². The van der Waals surface area contributed by atoms with Crippen molar-refractivity contribution in [1.82, 2.24) is 0 Å². The van der Waals surface area contributed by atoms with Crippen LogP contribution in [0.5, 0.6) is 17.2 Å². The number of hydrogen-bond acceptors (Lipinski definition) is 7. The van der Waals surface area contributed by atoms with Crippen molar-refractivity contribution in [3.8, 4) is 17.2 Å². The van der Waals surface area contributed by atoms with E-state index in [1.54, 1.807) is 66.7 Å². The number of hydrogen-bond donors (Lipinski definition) is 2. The zero-order chi connectivity index (χ0) is 25.2. The van der Waals surface area contributed by atoms with E-state index in [-0.39, 0.29) is 17.9 Å². The molecule has 9 nitrogen and oxygen atoms in total. The molecule has 0 fully saturated rings. The molecule has 36 heavy (non-hydrogen) atoms. The number of rotatable bonds is 7. The summed E-state index contributed by atoms with van der Waals surface area (Å²) in [6.45, 7) is -0.331. The van der Waals surface area contributed by atoms with Crippen molar-refractivity contribution in [2.45, 2.75) is 12.0 Å². The summed E-state index contributed by atoms with van der Waals surface area (Å²) in [5, 5.41) is 3.44. The standard InChI is InChI=1S/C27H22N2O7/c1-33-20-13-15(11-12-19(20)34-14-21(28)30)22-23-24(17-9-5-6-10-18(17)35-27(23)32)36-25(22)26(31)29-16-7-3-2-4-8-16/h2-13,22,25H,14H2,1H3,(H2,28,30)(H,29,31)/t22-,25-/m1/s1. The highest BCUT2D eigenvalue weighted by Crippen LogP contribution is 2.46. The van der Waals surface area contributed by atoms with Crippen LogP contribution >= 0.6 is 0 Å². The van der Waals surface area contributed by atoms with Crippen molar-refractivity contribution in [2.75, 3.05) is 19.0 Å². The van der Waals surface area contributed by atoms with E-state index in [1.165, 1.54) is 7.11 Å². The van der Waals surface area contributed by atoms with Crippen LogP contribution in [0.4, 0.5) is 5.69 Å². The zero-order valence-corrected chi connectivity index (χ0v) is 19.2. The van der Waals surface area contributed by atoms with E-state index in [0.29, 0.717) is 33.7 Å². The molecule has 2 amide bonds. The lowest BCUT2D eigenvalue weighted by Crippen LogP contribution is -2.35. The number of primary amides is 1. The van der Waals surface area contributed by atoms with Crippen LogP contribution in [0.25, 0.3) is 11.0 Å². The van der Waals surface area contributed by atoms with Gasteiger partial charge in [0.2, 0.25) is 0 Å². The molecule has 182 valence electrons. The van der Waals surface area contributed by atoms with Crippen LogP contribution in [0.3, 0.4) is 0 Å². The third-order valence-electron chi connectivity index (χ3n) is 5.87. The molecule has 0 aliphatic carbocycles. The highest BCUT2D eigenvalue weighted by molar-refractivity contribution is 5.97. The number of anilines is 1. The molecular formula is C27H22N2O7. The topological polar surface area (TPSA) is 130 Å². The first-order chi connectivity index (χ1) is 17.5. The zero-order valence-electron chi connectivity index (χ0n) is 19.2. The molecule has 9 heteroatoms. The molecule has 1 aliphatic heterocycles. The number of carbonyl (C=O) groups excluding carboxylic acids is 2. The van der Waals surface area contributed by atoms with Crippen LogP contribution in [0.15, 0.2) is 82.0 Å². The van der Waals surface area contributed by atoms with Crippen molar-refractivity contribution in [2.24, 2.45) is 5.73 Å². The van der Waals surface area contributed by atoms with E-state index < -0.39 is 29.5 Å². The molecular weight excluding hydrogens is 464 g/mol. The molecule has 3 aromatic carbocycles. The van der Waals surface area contributed by atoms with Gasteiger partial charge in [-0.3, -0.25) is 9.59 Å². The summed E-state index contributed by atoms with van der Waals surface area (Å²) >= 11 is 0. The summed E-state index contributed by atoms with van der Waals surface area (Å²) < 4.78 is 22.6. The van der Waals surface area contributed by atoms with Crippen LogP contribution in [0.1, 0.15) is 17.0 Å². The minimum absolute atomic E-state index is 0.231. The second-order valence-electron chi connectivity index (χ2n) is 8.17. The van der Waals surface area contributed by atoms with Gasteiger partial charge >= 0.3 is 5.63 Å². The van der Waals surface area contributed by atoms with Gasteiger partial charge in [-0.25, -0.2) is 4.79 Å². The maximum atomic E-state index is 13.4. The smallest absolute Gasteiger partial charge is 0.344 e. The largest absolute Gasteiger partial charge is 0.493 e. The Hall–Kier alpha value is -4.79. The van der Waals surface area contributed by atoms with Crippen LogP contribution in [0, 0.1) is 0 Å². The van der Waals surface area contributed by atoms with Gasteiger partial charge in [-0.2, -0.15) is 0 Å². The SMILES string of the molecule is COc1cc([C@@H]2c3c(c4ccccc4oc3=O)O[C@H]2C(=O)Nc2ccccc2)ccc1OCC(N)=O. The molecule has 1 aromatic heterocycles. The molecule has 0 radical (unpaired) electrons. The van der Waals surface area contributed by atoms with Gasteiger partial charge in [0, 0.05) is 5.69 Å². The quantitative estimate of drug-likeness (QED) is 0.384. The molecule has 3 N–H and O–H groups in total. The Balaban J connectivity index is 1.62. The Morgan fingerprint density at radius 3 is 2.50 bits per heavy atom. The predicted molar refractivity (Wildman–Crippen MR) is 131 cm³/mol. The first-order valence-corrected chi connectivity index (χ1v) is 11.1. The number of benzene rings is 3. The minimum atomic E-state index is -1.07. The third-order valence-corrected chi connectivity index (χ3v) is 5.87. The number of nitrogens with two attached hydrogens (primary N) is 1. The highest BCUT2D eigenvalue weighted by Gasteiger charge is 2.44. The normalized spacial score (nSPS) is 16.1. The minimum Gasteiger partial charge on any atom is -0.493 e. The van der Waals surface area contributed by atoms with Gasteiger partial charge in [-0.15, -0.1) is 0 Å². The van der Waals surface area contributed by atoms with Crippen molar-refractivity contribution >= 4 is 28.5 Å². The molecule has 4 aromatic rings. The third kappa shape index (κ3) is 4.22. The molecule has 2 heterocycles. The molecule has 0 saturated carbocycles. The fraction of sp³-hybridized carbons (Fsp3) is 0.148. The number of carbonyl (C=O) groups is 2. The summed E-state index contributed by atoms with van der Waals surface area (Å²) in [5.41, 5.74) is 6.32. The number of methoxy groups -OCH3 is 1. The highest BCUT2D eigenvalue weighted by atomic mass is 16.5. The average Bonchev–Trinajstić information content (AvgIpc) is 3.30. The Morgan fingerprint density at radius 2 is 1.75 bits per heavy atom. The van der Waals surface area contributed by atoms with Gasteiger partial charge in [0.1, 0.15) is 11.3 Å². The molecule has 0 spiro atoms. The Kier molecular flexibility index (Phi) is 6.03. The van der Waals surface area contributed by atoms with E-state index >= 15 is 0 Å². The van der Waals surface area contributed by atoms with Crippen LogP contribution in [-0.4, -0.2) is 31.6 Å². The van der Waals surface area contributed by atoms with Crippen LogP contribution < -0.4 is 30.9 Å². The average molecular weight is 486 g/mol. The molecule has 1 aliphatic rings. The number of amides is 2. The predicted octanol–water partition coefficient (Wildman–Crippen LogP) is 3.20. The van der Waals surface area contributed by atoms with E-state index in [2.05, 4.69) is 5.32 Å². The molecule has 0 saturated heterocycles. The van der Waals surface area contributed by atoms with Crippen molar-refractivity contribution in [1.29, 1.82) is 0 Å². The second-order valence-corrected chi connectivity index (χ2v) is 8.17. The maximum absolute atomic E-state index is 13.4. The first-order valence-electron chi connectivity index (χ1n) is 11.1. The monoisotopic (exact) mass is 486 g/mol. The summed E-state index contributed by atoms with van der Waals surface area (Å²) in [6.07, 6.45) is -1.07. The first kappa shape index (κ1) is 23.0. The molecule has 0 unspecified atom stereocenters. The number of nitrogens with one attached hydrogen (secondary N) is 1. The maximum Gasteiger partial charge on any atom is 0.344 e. The Labute approximate surface area is 205 Å². The van der Waals surface area contributed by atoms with E-state index in [1.807, 2.05) is 6.07 Å². The molecule has 0 bridgehead atoms. The lowest BCUT2D eigenvalue weighted by molar-refractivity contribution is -0.122. The molecule has 5 rings (SSSR count). The van der Waals surface area contributed by atoms with Gasteiger partial charge in [0.05, 0.1) is 24.0 Å². The molecule has 2 atom stereocenters. The Bertz CT molecular complexity index is 1510. The fourth-order valence-corrected chi connectivity index (χ4v) is 4.30. The number of para-hydroxylation sites is 2.